The van der Waals surface area contributed by atoms with E-state index in [1.165, 1.54) is 6.07 Å². The van der Waals surface area contributed by atoms with Crippen molar-refractivity contribution >= 4 is 0 Å². The van der Waals surface area contributed by atoms with Crippen LogP contribution >= 0.6 is 0 Å². The van der Waals surface area contributed by atoms with Gasteiger partial charge in [-0.25, -0.2) is 0 Å². The van der Waals surface area contributed by atoms with Crippen molar-refractivity contribution < 1.29 is 18.3 Å². The van der Waals surface area contributed by atoms with Gasteiger partial charge in [-0.05, 0) is 42.5 Å². The summed E-state index contributed by atoms with van der Waals surface area (Å²) >= 11 is 0. The molecule has 1 aliphatic heterocycles. The van der Waals surface area contributed by atoms with Crippen LogP contribution in [0, 0.1) is 5.41 Å². The fourth-order valence-electron chi connectivity index (χ4n) is 2.14. The van der Waals surface area contributed by atoms with Gasteiger partial charge in [-0.3, -0.25) is 0 Å². The first-order chi connectivity index (χ1) is 8.31. The number of nitrogens with two attached hydrogens (primary N) is 1. The van der Waals surface area contributed by atoms with Crippen LogP contribution in [0.1, 0.15) is 25.8 Å². The molecule has 0 saturated heterocycles. The summed E-state index contributed by atoms with van der Waals surface area (Å²) < 4.78 is 34.5. The average Bonchev–Trinajstić information content (AvgIpc) is 2.50. The van der Waals surface area contributed by atoms with Gasteiger partial charge >= 0.3 is 6.29 Å². The van der Waals surface area contributed by atoms with Gasteiger partial charge in [0.15, 0.2) is 11.5 Å². The van der Waals surface area contributed by atoms with Crippen molar-refractivity contribution in [2.24, 2.45) is 11.1 Å². The third-order valence-corrected chi connectivity index (χ3v) is 2.97. The summed E-state index contributed by atoms with van der Waals surface area (Å²) in [6.45, 7) is 4.80. The van der Waals surface area contributed by atoms with E-state index in [-0.39, 0.29) is 16.9 Å². The fraction of sp³-hybridized carbons (Fsp3) is 0.538. The van der Waals surface area contributed by atoms with Crippen molar-refractivity contribution in [3.63, 3.8) is 0 Å². The highest BCUT2D eigenvalue weighted by Crippen LogP contribution is 2.42. The predicted molar refractivity (Wildman–Crippen MR) is 63.8 cm³/mol. The Morgan fingerprint density at radius 1 is 1.22 bits per heavy atom. The van der Waals surface area contributed by atoms with E-state index in [1.807, 2.05) is 0 Å². The molecule has 0 saturated carbocycles. The molecule has 0 aliphatic carbocycles. The average molecular weight is 257 g/mol. The van der Waals surface area contributed by atoms with Crippen molar-refractivity contribution in [2.75, 3.05) is 6.54 Å². The molecule has 100 valence electrons. The van der Waals surface area contributed by atoms with Crippen LogP contribution in [0.3, 0.4) is 0 Å². The smallest absolute Gasteiger partial charge is 0.395 e. The van der Waals surface area contributed by atoms with E-state index in [1.54, 1.807) is 12.1 Å². The Morgan fingerprint density at radius 2 is 1.89 bits per heavy atom. The van der Waals surface area contributed by atoms with E-state index in [0.29, 0.717) is 6.54 Å². The van der Waals surface area contributed by atoms with Gasteiger partial charge in [-0.2, -0.15) is 0 Å². The summed E-state index contributed by atoms with van der Waals surface area (Å²) in [7, 11) is 0. The van der Waals surface area contributed by atoms with Crippen LogP contribution in [-0.4, -0.2) is 12.8 Å². The molecule has 0 fully saturated rings. The number of hydrogen-bond acceptors (Lipinski definition) is 3. The molecule has 5 heteroatoms. The maximum Gasteiger partial charge on any atom is 0.586 e. The number of ether oxygens (including phenoxy) is 2. The normalized spacial score (nSPS) is 16.9. The summed E-state index contributed by atoms with van der Waals surface area (Å²) in [5.41, 5.74) is 6.52. The molecule has 1 aromatic carbocycles. The second-order valence-electron chi connectivity index (χ2n) is 5.33. The Labute approximate surface area is 105 Å². The molecule has 1 aliphatic rings. The molecule has 3 nitrogen and oxygen atoms in total. The minimum absolute atomic E-state index is 0.0327. The van der Waals surface area contributed by atoms with E-state index in [2.05, 4.69) is 23.3 Å². The lowest BCUT2D eigenvalue weighted by atomic mass is 9.83. The van der Waals surface area contributed by atoms with Crippen LogP contribution in [0.2, 0.25) is 0 Å². The van der Waals surface area contributed by atoms with E-state index in [0.717, 1.165) is 18.4 Å². The van der Waals surface area contributed by atoms with Gasteiger partial charge in [0, 0.05) is 0 Å². The zero-order valence-corrected chi connectivity index (χ0v) is 10.5. The number of halogens is 2. The molecule has 0 atom stereocenters. The molecule has 0 unspecified atom stereocenters. The maximum absolute atomic E-state index is 12.9. The Bertz CT molecular complexity index is 447. The molecule has 2 rings (SSSR count). The molecule has 0 radical (unpaired) electrons. The number of rotatable bonds is 4. The lowest BCUT2D eigenvalue weighted by Gasteiger charge is -2.23. The lowest BCUT2D eigenvalue weighted by molar-refractivity contribution is -0.286. The number of alkyl halides is 2. The highest BCUT2D eigenvalue weighted by Gasteiger charge is 2.43. The molecule has 2 N–H and O–H groups in total. The van der Waals surface area contributed by atoms with Crippen LogP contribution in [0.4, 0.5) is 8.78 Å². The van der Waals surface area contributed by atoms with Crippen molar-refractivity contribution in [3.8, 4) is 11.5 Å². The van der Waals surface area contributed by atoms with Crippen LogP contribution in [-0.2, 0) is 6.42 Å². The monoisotopic (exact) mass is 257 g/mol. The van der Waals surface area contributed by atoms with Crippen LogP contribution in [0.15, 0.2) is 18.2 Å². The third kappa shape index (κ3) is 2.90. The first-order valence-corrected chi connectivity index (χ1v) is 5.90. The second kappa shape index (κ2) is 4.39. The van der Waals surface area contributed by atoms with Gasteiger partial charge in [-0.15, -0.1) is 8.78 Å². The van der Waals surface area contributed by atoms with Gasteiger partial charge in [0.2, 0.25) is 0 Å². The number of fused-ring (bicyclic) bond motifs is 1. The second-order valence-corrected chi connectivity index (χ2v) is 5.33. The van der Waals surface area contributed by atoms with Crippen LogP contribution in [0.5, 0.6) is 11.5 Å². The summed E-state index contributed by atoms with van der Waals surface area (Å²) in [5.74, 6) is 0.182. The largest absolute Gasteiger partial charge is 0.586 e. The number of benzene rings is 1. The zero-order chi connectivity index (χ0) is 13.4. The van der Waals surface area contributed by atoms with Gasteiger partial charge in [0.05, 0.1) is 0 Å². The van der Waals surface area contributed by atoms with Crippen molar-refractivity contribution in [3.05, 3.63) is 23.8 Å². The summed E-state index contributed by atoms with van der Waals surface area (Å²) in [4.78, 5) is 0. The van der Waals surface area contributed by atoms with Crippen LogP contribution < -0.4 is 15.2 Å². The quantitative estimate of drug-likeness (QED) is 0.902. The standard InChI is InChI=1S/C13H17F2NO2/c1-12(2,5-6-16)8-9-3-4-10-11(7-9)18-13(14,15)17-10/h3-4,7H,5-6,8,16H2,1-2H3. The third-order valence-electron chi connectivity index (χ3n) is 2.97. The molecule has 18 heavy (non-hydrogen) atoms. The Morgan fingerprint density at radius 3 is 2.56 bits per heavy atom. The van der Waals surface area contributed by atoms with Gasteiger partial charge in [-0.1, -0.05) is 19.9 Å². The van der Waals surface area contributed by atoms with Gasteiger partial charge < -0.3 is 15.2 Å². The molecule has 0 bridgehead atoms. The highest BCUT2D eigenvalue weighted by atomic mass is 19.3. The SMILES string of the molecule is CC(C)(CCN)Cc1ccc2c(c1)OC(F)(F)O2. The van der Waals surface area contributed by atoms with Gasteiger partial charge in [0.1, 0.15) is 0 Å². The Kier molecular flexibility index (Phi) is 3.19. The molecular formula is C13H17F2NO2. The molecular weight excluding hydrogens is 240 g/mol. The topological polar surface area (TPSA) is 44.5 Å². The number of hydrogen-bond donors (Lipinski definition) is 1. The van der Waals surface area contributed by atoms with Crippen LogP contribution in [0.25, 0.3) is 0 Å². The summed E-state index contributed by atoms with van der Waals surface area (Å²) in [6, 6.07) is 4.90. The van der Waals surface area contributed by atoms with E-state index in [4.69, 9.17) is 5.73 Å². The van der Waals surface area contributed by atoms with Gasteiger partial charge in [0.25, 0.3) is 0 Å². The summed E-state index contributed by atoms with van der Waals surface area (Å²) in [6.07, 6.45) is -1.92. The minimum Gasteiger partial charge on any atom is -0.395 e. The Hall–Kier alpha value is -1.36. The molecule has 1 heterocycles. The van der Waals surface area contributed by atoms with E-state index in [9.17, 15) is 8.78 Å². The molecule has 0 aromatic heterocycles. The highest BCUT2D eigenvalue weighted by molar-refractivity contribution is 5.45. The zero-order valence-electron chi connectivity index (χ0n) is 10.5. The lowest BCUT2D eigenvalue weighted by Crippen LogP contribution is -2.25. The predicted octanol–water partition coefficient (Wildman–Crippen LogP) is 2.93. The molecule has 1 aromatic rings. The first-order valence-electron chi connectivity index (χ1n) is 5.90. The Balaban J connectivity index is 2.14. The summed E-state index contributed by atoms with van der Waals surface area (Å²) in [5, 5.41) is 0. The van der Waals surface area contributed by atoms with Crippen molar-refractivity contribution in [2.45, 2.75) is 33.0 Å². The first kappa shape index (κ1) is 13.1. The van der Waals surface area contributed by atoms with Crippen molar-refractivity contribution in [1.29, 1.82) is 0 Å². The fourth-order valence-corrected chi connectivity index (χ4v) is 2.14. The molecule has 0 spiro atoms. The minimum atomic E-state index is -3.55. The van der Waals surface area contributed by atoms with E-state index < -0.39 is 6.29 Å². The molecule has 0 amide bonds. The van der Waals surface area contributed by atoms with E-state index >= 15 is 0 Å². The maximum atomic E-state index is 12.9. The van der Waals surface area contributed by atoms with Crippen molar-refractivity contribution in [1.82, 2.24) is 0 Å².